The monoisotopic (exact) mass is 477 g/mol. The fourth-order valence-corrected chi connectivity index (χ4v) is 4.16. The highest BCUT2D eigenvalue weighted by Gasteiger charge is 2.18. The number of fused-ring (bicyclic) bond motifs is 1. The number of methoxy groups -OCH3 is 1. The van der Waals surface area contributed by atoms with Gasteiger partial charge in [0.1, 0.15) is 0 Å². The Bertz CT molecular complexity index is 1260. The average Bonchev–Trinajstić information content (AvgIpc) is 3.02. The number of carbonyl (C=O) groups excluding carboxylic acids is 2. The summed E-state index contributed by atoms with van der Waals surface area (Å²) in [5, 5.41) is 4.21. The van der Waals surface area contributed by atoms with Crippen LogP contribution in [-0.2, 0) is 9.53 Å². The van der Waals surface area contributed by atoms with Crippen LogP contribution in [0, 0.1) is 0 Å². The first kappa shape index (κ1) is 22.8. The molecule has 0 atom stereocenters. The highest BCUT2D eigenvalue weighted by atomic mass is 35.5. The van der Waals surface area contributed by atoms with Crippen molar-refractivity contribution in [2.45, 2.75) is 6.42 Å². The van der Waals surface area contributed by atoms with Crippen molar-refractivity contribution in [2.75, 3.05) is 18.2 Å². The molecule has 33 heavy (non-hydrogen) atoms. The summed E-state index contributed by atoms with van der Waals surface area (Å²) in [7, 11) is 1.30. The van der Waals surface area contributed by atoms with E-state index in [1.54, 1.807) is 24.3 Å². The van der Waals surface area contributed by atoms with Crippen LogP contribution < -0.4 is 5.32 Å². The Balaban J connectivity index is 1.52. The van der Waals surface area contributed by atoms with Gasteiger partial charge >= 0.3 is 5.97 Å². The summed E-state index contributed by atoms with van der Waals surface area (Å²) < 4.78 is 4.79. The molecule has 0 aliphatic carbocycles. The number of ether oxygens (including phenoxy) is 1. The predicted octanol–water partition coefficient (Wildman–Crippen LogP) is 6.05. The SMILES string of the molecule is COC(=O)c1ccccc1NC(=O)CSC1=Nc2ccccc2N=C(c2ccc(Cl)cc2)C1. The van der Waals surface area contributed by atoms with Crippen LogP contribution in [0.2, 0.25) is 5.02 Å². The average molecular weight is 478 g/mol. The van der Waals surface area contributed by atoms with Crippen molar-refractivity contribution < 1.29 is 14.3 Å². The van der Waals surface area contributed by atoms with Crippen LogP contribution in [0.1, 0.15) is 22.3 Å². The number of halogens is 1. The number of thioether (sulfide) groups is 1. The number of nitrogens with one attached hydrogen (secondary N) is 1. The number of nitrogens with zero attached hydrogens (tertiary/aromatic N) is 2. The van der Waals surface area contributed by atoms with E-state index in [9.17, 15) is 9.59 Å². The first-order valence-corrected chi connectivity index (χ1v) is 11.5. The van der Waals surface area contributed by atoms with E-state index in [1.807, 2.05) is 48.5 Å². The van der Waals surface area contributed by atoms with Gasteiger partial charge in [0.25, 0.3) is 0 Å². The summed E-state index contributed by atoms with van der Waals surface area (Å²) in [5.74, 6) is -0.626. The summed E-state index contributed by atoms with van der Waals surface area (Å²) in [5.41, 5.74) is 4.03. The molecule has 8 heteroatoms. The van der Waals surface area contributed by atoms with Crippen LogP contribution in [0.5, 0.6) is 0 Å². The maximum Gasteiger partial charge on any atom is 0.339 e. The molecule has 0 unspecified atom stereocenters. The lowest BCUT2D eigenvalue weighted by Crippen LogP contribution is -2.18. The van der Waals surface area contributed by atoms with Crippen molar-refractivity contribution in [3.8, 4) is 0 Å². The van der Waals surface area contributed by atoms with E-state index in [2.05, 4.69) is 5.32 Å². The van der Waals surface area contributed by atoms with E-state index in [0.717, 1.165) is 27.7 Å². The van der Waals surface area contributed by atoms with Crippen molar-refractivity contribution in [3.63, 3.8) is 0 Å². The second-order valence-corrected chi connectivity index (χ2v) is 8.60. The normalized spacial score (nSPS) is 12.7. The molecule has 4 rings (SSSR count). The van der Waals surface area contributed by atoms with Gasteiger partial charge in [-0.25, -0.2) is 9.79 Å². The van der Waals surface area contributed by atoms with Crippen LogP contribution in [-0.4, -0.2) is 35.5 Å². The van der Waals surface area contributed by atoms with Crippen LogP contribution in [0.4, 0.5) is 17.1 Å². The number of benzene rings is 3. The van der Waals surface area contributed by atoms with E-state index in [-0.39, 0.29) is 11.7 Å². The molecule has 3 aromatic carbocycles. The molecule has 3 aromatic rings. The molecule has 0 radical (unpaired) electrons. The minimum Gasteiger partial charge on any atom is -0.465 e. The number of anilines is 1. The summed E-state index contributed by atoms with van der Waals surface area (Å²) >= 11 is 7.38. The van der Waals surface area contributed by atoms with Crippen LogP contribution in [0.25, 0.3) is 0 Å². The third-order valence-corrected chi connectivity index (χ3v) is 6.08. The van der Waals surface area contributed by atoms with Crippen molar-refractivity contribution in [1.82, 2.24) is 0 Å². The Kier molecular flexibility index (Phi) is 7.22. The van der Waals surface area contributed by atoms with E-state index in [1.165, 1.54) is 18.9 Å². The van der Waals surface area contributed by atoms with Crippen LogP contribution in [0.3, 0.4) is 0 Å². The number of hydrogen-bond acceptors (Lipinski definition) is 6. The van der Waals surface area contributed by atoms with E-state index in [0.29, 0.717) is 22.7 Å². The molecule has 0 saturated carbocycles. The fraction of sp³-hybridized carbons (Fsp3) is 0.120. The zero-order chi connectivity index (χ0) is 23.2. The van der Waals surface area contributed by atoms with E-state index in [4.69, 9.17) is 26.3 Å². The van der Waals surface area contributed by atoms with Crippen molar-refractivity contribution in [1.29, 1.82) is 0 Å². The summed E-state index contributed by atoms with van der Waals surface area (Å²) in [6.07, 6.45) is 0.479. The quantitative estimate of drug-likeness (QED) is 0.453. The molecule has 166 valence electrons. The molecule has 6 nitrogen and oxygen atoms in total. The van der Waals surface area contributed by atoms with E-state index >= 15 is 0 Å². The molecule has 1 amide bonds. The van der Waals surface area contributed by atoms with Gasteiger partial charge in [0, 0.05) is 11.4 Å². The standard InChI is InChI=1S/C25H20ClN3O3S/c1-32-25(31)18-6-2-3-7-19(18)28-23(30)15-33-24-14-22(16-10-12-17(26)13-11-16)27-20-8-4-5-9-21(20)29-24/h2-13H,14-15H2,1H3,(H,28,30). The minimum absolute atomic E-state index is 0.129. The second kappa shape index (κ2) is 10.5. The zero-order valence-electron chi connectivity index (χ0n) is 17.7. The Morgan fingerprint density at radius 2 is 1.64 bits per heavy atom. The first-order valence-electron chi connectivity index (χ1n) is 10.1. The maximum atomic E-state index is 12.7. The van der Waals surface area contributed by atoms with Crippen molar-refractivity contribution >= 4 is 63.1 Å². The molecule has 1 N–H and O–H groups in total. The molecular weight excluding hydrogens is 458 g/mol. The van der Waals surface area contributed by atoms with Gasteiger partial charge in [-0.15, -0.1) is 11.8 Å². The highest BCUT2D eigenvalue weighted by molar-refractivity contribution is 8.14. The van der Waals surface area contributed by atoms with Gasteiger partial charge in [-0.05, 0) is 42.0 Å². The summed E-state index contributed by atoms with van der Waals surface area (Å²) in [6, 6.07) is 21.9. The van der Waals surface area contributed by atoms with Gasteiger partial charge in [0.15, 0.2) is 0 Å². The molecule has 1 aliphatic rings. The maximum absolute atomic E-state index is 12.7. The molecule has 0 fully saturated rings. The Morgan fingerprint density at radius 3 is 2.36 bits per heavy atom. The van der Waals surface area contributed by atoms with Gasteiger partial charge in [0.2, 0.25) is 5.91 Å². The van der Waals surface area contributed by atoms with Gasteiger partial charge in [-0.1, -0.05) is 48.0 Å². The van der Waals surface area contributed by atoms with Gasteiger partial charge in [-0.2, -0.15) is 0 Å². The molecule has 1 heterocycles. The number of carbonyl (C=O) groups is 2. The number of esters is 1. The highest BCUT2D eigenvalue weighted by Crippen LogP contribution is 2.33. The van der Waals surface area contributed by atoms with Crippen molar-refractivity contribution in [2.24, 2.45) is 9.98 Å². The molecule has 0 bridgehead atoms. The molecular formula is C25H20ClN3O3S. The number of rotatable bonds is 5. The van der Waals surface area contributed by atoms with E-state index < -0.39 is 5.97 Å². The van der Waals surface area contributed by atoms with Crippen molar-refractivity contribution in [3.05, 3.63) is 88.9 Å². The lowest BCUT2D eigenvalue weighted by molar-refractivity contribution is -0.113. The molecule has 1 aliphatic heterocycles. The van der Waals surface area contributed by atoms with Crippen LogP contribution in [0.15, 0.2) is 82.8 Å². The number of amides is 1. The third-order valence-electron chi connectivity index (χ3n) is 4.85. The Hall–Kier alpha value is -3.42. The topological polar surface area (TPSA) is 80.1 Å². The lowest BCUT2D eigenvalue weighted by atomic mass is 10.1. The van der Waals surface area contributed by atoms with Gasteiger partial charge in [0.05, 0.1) is 46.2 Å². The summed E-state index contributed by atoms with van der Waals surface area (Å²) in [4.78, 5) is 34.2. The third kappa shape index (κ3) is 5.69. The second-order valence-electron chi connectivity index (χ2n) is 7.11. The smallest absolute Gasteiger partial charge is 0.339 e. The zero-order valence-corrected chi connectivity index (χ0v) is 19.3. The summed E-state index contributed by atoms with van der Waals surface area (Å²) in [6.45, 7) is 0. The first-order chi connectivity index (χ1) is 16.0. The lowest BCUT2D eigenvalue weighted by Gasteiger charge is -2.10. The number of aliphatic imine (C=N–C) groups is 2. The number of hydrogen-bond donors (Lipinski definition) is 1. The Labute approximate surface area is 200 Å². The fourth-order valence-electron chi connectivity index (χ4n) is 3.26. The molecule has 0 spiro atoms. The van der Waals surface area contributed by atoms with Gasteiger partial charge < -0.3 is 10.1 Å². The Morgan fingerprint density at radius 1 is 0.970 bits per heavy atom. The predicted molar refractivity (Wildman–Crippen MR) is 135 cm³/mol. The largest absolute Gasteiger partial charge is 0.465 e. The van der Waals surface area contributed by atoms with Gasteiger partial charge in [-0.3, -0.25) is 9.79 Å². The molecule has 0 saturated heterocycles. The van der Waals surface area contributed by atoms with Crippen LogP contribution >= 0.6 is 23.4 Å². The molecule has 0 aromatic heterocycles. The number of para-hydroxylation sites is 3. The minimum atomic E-state index is -0.507.